The summed E-state index contributed by atoms with van der Waals surface area (Å²) in [5, 5.41) is 2.95. The smallest absolute Gasteiger partial charge is 0.237 e. The highest BCUT2D eigenvalue weighted by molar-refractivity contribution is 5.82. The molecule has 1 amide bonds. The first-order valence-corrected chi connectivity index (χ1v) is 6.81. The van der Waals surface area contributed by atoms with E-state index in [1.165, 1.54) is 0 Å². The Labute approximate surface area is 119 Å². The van der Waals surface area contributed by atoms with Crippen LogP contribution in [0.5, 0.6) is 0 Å². The molecule has 104 valence electrons. The van der Waals surface area contributed by atoms with E-state index < -0.39 is 6.04 Å². The van der Waals surface area contributed by atoms with Crippen LogP contribution in [0.1, 0.15) is 24.1 Å². The lowest BCUT2D eigenvalue weighted by Crippen LogP contribution is -2.42. The quantitative estimate of drug-likeness (QED) is 0.875. The van der Waals surface area contributed by atoms with E-state index in [4.69, 9.17) is 5.73 Å². The van der Waals surface area contributed by atoms with Crippen molar-refractivity contribution in [1.82, 2.24) is 5.32 Å². The number of benzene rings is 2. The Bertz CT molecular complexity index is 539. The summed E-state index contributed by atoms with van der Waals surface area (Å²) in [6, 6.07) is 19.1. The van der Waals surface area contributed by atoms with Crippen LogP contribution in [0.4, 0.5) is 0 Å². The van der Waals surface area contributed by atoms with Crippen molar-refractivity contribution >= 4 is 5.91 Å². The number of nitrogens with two attached hydrogens (primary N) is 1. The molecule has 2 aromatic carbocycles. The Morgan fingerprint density at radius 2 is 1.60 bits per heavy atom. The summed E-state index contributed by atoms with van der Waals surface area (Å²) in [5.74, 6) is -0.120. The maximum absolute atomic E-state index is 12.1. The van der Waals surface area contributed by atoms with Gasteiger partial charge in [0.1, 0.15) is 0 Å². The number of hydrogen-bond acceptors (Lipinski definition) is 2. The molecule has 3 N–H and O–H groups in total. The normalized spacial score (nSPS) is 13.5. The van der Waals surface area contributed by atoms with Gasteiger partial charge in [0.15, 0.2) is 0 Å². The summed E-state index contributed by atoms with van der Waals surface area (Å²) < 4.78 is 0. The van der Waals surface area contributed by atoms with Gasteiger partial charge in [-0.3, -0.25) is 4.79 Å². The Kier molecular flexibility index (Phi) is 4.91. The molecule has 0 aromatic heterocycles. The van der Waals surface area contributed by atoms with Gasteiger partial charge >= 0.3 is 0 Å². The van der Waals surface area contributed by atoms with Crippen LogP contribution in [-0.4, -0.2) is 11.9 Å². The highest BCUT2D eigenvalue weighted by atomic mass is 16.2. The average molecular weight is 268 g/mol. The van der Waals surface area contributed by atoms with Crippen LogP contribution in [0.2, 0.25) is 0 Å². The van der Waals surface area contributed by atoms with Crippen LogP contribution in [0, 0.1) is 0 Å². The second-order valence-corrected chi connectivity index (χ2v) is 4.94. The Morgan fingerprint density at radius 1 is 1.05 bits per heavy atom. The van der Waals surface area contributed by atoms with Crippen molar-refractivity contribution in [3.8, 4) is 0 Å². The van der Waals surface area contributed by atoms with E-state index in [-0.39, 0.29) is 11.9 Å². The van der Waals surface area contributed by atoms with Gasteiger partial charge in [-0.25, -0.2) is 0 Å². The number of nitrogens with one attached hydrogen (secondary N) is 1. The minimum atomic E-state index is -0.524. The van der Waals surface area contributed by atoms with Gasteiger partial charge in [-0.05, 0) is 24.5 Å². The second-order valence-electron chi connectivity index (χ2n) is 4.94. The lowest BCUT2D eigenvalue weighted by Gasteiger charge is -2.18. The molecule has 0 aliphatic heterocycles. The van der Waals surface area contributed by atoms with E-state index >= 15 is 0 Å². The molecule has 0 radical (unpaired) electrons. The molecule has 3 heteroatoms. The average Bonchev–Trinajstić information content (AvgIpc) is 2.49. The third-order valence-electron chi connectivity index (χ3n) is 3.29. The molecule has 2 atom stereocenters. The third-order valence-corrected chi connectivity index (χ3v) is 3.29. The van der Waals surface area contributed by atoms with E-state index in [1.807, 2.05) is 67.6 Å². The molecule has 0 aliphatic rings. The predicted octanol–water partition coefficient (Wildman–Crippen LogP) is 2.43. The topological polar surface area (TPSA) is 55.1 Å². The van der Waals surface area contributed by atoms with Crippen LogP contribution in [-0.2, 0) is 11.2 Å². The molecule has 0 saturated heterocycles. The molecule has 3 nitrogen and oxygen atoms in total. The maximum Gasteiger partial charge on any atom is 0.237 e. The van der Waals surface area contributed by atoms with E-state index in [9.17, 15) is 4.79 Å². The SMILES string of the molecule is C[C@@H](NC(=O)C(N)Cc1ccccc1)c1ccccc1. The molecule has 0 spiro atoms. The monoisotopic (exact) mass is 268 g/mol. The zero-order valence-corrected chi connectivity index (χ0v) is 11.6. The van der Waals surface area contributed by atoms with Crippen molar-refractivity contribution in [1.29, 1.82) is 0 Å². The zero-order valence-electron chi connectivity index (χ0n) is 11.6. The summed E-state index contributed by atoms with van der Waals surface area (Å²) >= 11 is 0. The Balaban J connectivity index is 1.91. The molecule has 0 saturated carbocycles. The van der Waals surface area contributed by atoms with Crippen molar-refractivity contribution in [3.63, 3.8) is 0 Å². The number of rotatable bonds is 5. The molecule has 0 bridgehead atoms. The van der Waals surface area contributed by atoms with E-state index in [0.29, 0.717) is 6.42 Å². The van der Waals surface area contributed by atoms with Crippen LogP contribution in [0.15, 0.2) is 60.7 Å². The Morgan fingerprint density at radius 3 is 2.20 bits per heavy atom. The van der Waals surface area contributed by atoms with Crippen molar-refractivity contribution in [2.24, 2.45) is 5.73 Å². The highest BCUT2D eigenvalue weighted by Gasteiger charge is 2.16. The first kappa shape index (κ1) is 14.3. The van der Waals surface area contributed by atoms with E-state index in [2.05, 4.69) is 5.32 Å². The molecule has 20 heavy (non-hydrogen) atoms. The van der Waals surface area contributed by atoms with Gasteiger partial charge in [0.25, 0.3) is 0 Å². The number of carbonyl (C=O) groups excluding carboxylic acids is 1. The van der Waals surface area contributed by atoms with Gasteiger partial charge in [-0.15, -0.1) is 0 Å². The van der Waals surface area contributed by atoms with Crippen molar-refractivity contribution in [2.75, 3.05) is 0 Å². The van der Waals surface area contributed by atoms with Crippen LogP contribution >= 0.6 is 0 Å². The first-order valence-electron chi connectivity index (χ1n) is 6.81. The lowest BCUT2D eigenvalue weighted by atomic mass is 10.0. The first-order chi connectivity index (χ1) is 9.66. The molecular formula is C17H20N2O. The van der Waals surface area contributed by atoms with Crippen molar-refractivity contribution in [2.45, 2.75) is 25.4 Å². The van der Waals surface area contributed by atoms with E-state index in [0.717, 1.165) is 11.1 Å². The third kappa shape index (κ3) is 3.93. The summed E-state index contributed by atoms with van der Waals surface area (Å²) in [5.41, 5.74) is 8.11. The van der Waals surface area contributed by atoms with Crippen molar-refractivity contribution < 1.29 is 4.79 Å². The molecular weight excluding hydrogens is 248 g/mol. The summed E-state index contributed by atoms with van der Waals surface area (Å²) in [7, 11) is 0. The largest absolute Gasteiger partial charge is 0.348 e. The zero-order chi connectivity index (χ0) is 14.4. The summed E-state index contributed by atoms with van der Waals surface area (Å²) in [6.45, 7) is 1.96. The summed E-state index contributed by atoms with van der Waals surface area (Å²) in [6.07, 6.45) is 0.550. The highest BCUT2D eigenvalue weighted by Crippen LogP contribution is 2.11. The Hall–Kier alpha value is -2.13. The number of hydrogen-bond donors (Lipinski definition) is 2. The van der Waals surface area contributed by atoms with Crippen molar-refractivity contribution in [3.05, 3.63) is 71.8 Å². The van der Waals surface area contributed by atoms with Gasteiger partial charge in [0, 0.05) is 0 Å². The summed E-state index contributed by atoms with van der Waals surface area (Å²) in [4.78, 5) is 12.1. The van der Waals surface area contributed by atoms with Gasteiger partial charge in [-0.2, -0.15) is 0 Å². The minimum Gasteiger partial charge on any atom is -0.348 e. The predicted molar refractivity (Wildman–Crippen MR) is 81.1 cm³/mol. The molecule has 0 aliphatic carbocycles. The fraction of sp³-hybridized carbons (Fsp3) is 0.235. The number of carbonyl (C=O) groups is 1. The van der Waals surface area contributed by atoms with Crippen LogP contribution < -0.4 is 11.1 Å². The molecule has 0 fully saturated rings. The molecule has 1 unspecified atom stereocenters. The van der Waals surface area contributed by atoms with Crippen LogP contribution in [0.3, 0.4) is 0 Å². The van der Waals surface area contributed by atoms with Crippen LogP contribution in [0.25, 0.3) is 0 Å². The number of amides is 1. The minimum absolute atomic E-state index is 0.0366. The van der Waals surface area contributed by atoms with Gasteiger partial charge in [0.2, 0.25) is 5.91 Å². The van der Waals surface area contributed by atoms with Gasteiger partial charge in [-0.1, -0.05) is 60.7 Å². The molecule has 2 rings (SSSR count). The maximum atomic E-state index is 12.1. The molecule has 2 aromatic rings. The van der Waals surface area contributed by atoms with E-state index in [1.54, 1.807) is 0 Å². The molecule has 0 heterocycles. The van der Waals surface area contributed by atoms with Gasteiger partial charge in [0.05, 0.1) is 12.1 Å². The fourth-order valence-corrected chi connectivity index (χ4v) is 2.11. The second kappa shape index (κ2) is 6.87. The standard InChI is InChI=1S/C17H20N2O/c1-13(15-10-6-3-7-11-15)19-17(20)16(18)12-14-8-4-2-5-9-14/h2-11,13,16H,12,18H2,1H3,(H,19,20)/t13-,16?/m1/s1. The van der Waals surface area contributed by atoms with Gasteiger partial charge < -0.3 is 11.1 Å². The fourth-order valence-electron chi connectivity index (χ4n) is 2.11. The lowest BCUT2D eigenvalue weighted by molar-refractivity contribution is -0.123.